The summed E-state index contributed by atoms with van der Waals surface area (Å²) in [4.78, 5) is 15.5. The topological polar surface area (TPSA) is 68.7 Å². The summed E-state index contributed by atoms with van der Waals surface area (Å²) in [5.74, 6) is -0.0449. The number of hydrogen-bond donors (Lipinski definition) is 1. The maximum atomic E-state index is 11.3. The van der Waals surface area contributed by atoms with Gasteiger partial charge in [0.1, 0.15) is 5.01 Å². The smallest absolute Gasteiger partial charge is 0.357 e. The quantitative estimate of drug-likeness (QED) is 0.862. The second-order valence-corrected chi connectivity index (χ2v) is 4.27. The van der Waals surface area contributed by atoms with E-state index in [0.717, 1.165) is 5.56 Å². The van der Waals surface area contributed by atoms with Crippen LogP contribution in [-0.2, 0) is 4.74 Å². The number of thiazole rings is 1. The van der Waals surface area contributed by atoms with Gasteiger partial charge < -0.3 is 14.6 Å². The molecule has 0 aliphatic rings. The standard InChI is InChI=1S/C12H11NO4S/c1-16-10-5-7(3-4-9(10)14)11-13-8(6-18-11)12(15)17-2/h3-6,14H,1-2H3. The minimum Gasteiger partial charge on any atom is -0.504 e. The fourth-order valence-electron chi connectivity index (χ4n) is 1.42. The molecule has 2 aromatic rings. The van der Waals surface area contributed by atoms with Gasteiger partial charge in [-0.25, -0.2) is 9.78 Å². The summed E-state index contributed by atoms with van der Waals surface area (Å²) in [6.07, 6.45) is 0. The average molecular weight is 265 g/mol. The van der Waals surface area contributed by atoms with Crippen molar-refractivity contribution in [2.24, 2.45) is 0 Å². The zero-order valence-corrected chi connectivity index (χ0v) is 10.7. The van der Waals surface area contributed by atoms with Crippen LogP contribution in [0.3, 0.4) is 0 Å². The van der Waals surface area contributed by atoms with E-state index in [0.29, 0.717) is 10.8 Å². The Bertz CT molecular complexity index is 579. The van der Waals surface area contributed by atoms with E-state index in [-0.39, 0.29) is 11.4 Å². The van der Waals surface area contributed by atoms with Crippen molar-refractivity contribution in [1.82, 2.24) is 4.98 Å². The van der Waals surface area contributed by atoms with Crippen molar-refractivity contribution in [1.29, 1.82) is 0 Å². The van der Waals surface area contributed by atoms with Crippen LogP contribution in [0, 0.1) is 0 Å². The van der Waals surface area contributed by atoms with Gasteiger partial charge in [-0.2, -0.15) is 0 Å². The summed E-state index contributed by atoms with van der Waals surface area (Å²) in [6, 6.07) is 4.89. The number of hydrogen-bond acceptors (Lipinski definition) is 6. The first kappa shape index (κ1) is 12.4. The summed E-state index contributed by atoms with van der Waals surface area (Å²) in [7, 11) is 2.78. The average Bonchev–Trinajstić information content (AvgIpc) is 2.88. The van der Waals surface area contributed by atoms with Crippen molar-refractivity contribution < 1.29 is 19.4 Å². The Morgan fingerprint density at radius 1 is 1.39 bits per heavy atom. The molecule has 94 valence electrons. The van der Waals surface area contributed by atoms with E-state index in [1.165, 1.54) is 31.6 Å². The zero-order valence-electron chi connectivity index (χ0n) is 9.84. The fourth-order valence-corrected chi connectivity index (χ4v) is 2.20. The van der Waals surface area contributed by atoms with Crippen molar-refractivity contribution >= 4 is 17.3 Å². The Morgan fingerprint density at radius 2 is 2.17 bits per heavy atom. The van der Waals surface area contributed by atoms with Crippen molar-refractivity contribution in [2.75, 3.05) is 14.2 Å². The molecule has 0 atom stereocenters. The minimum absolute atomic E-state index is 0.0611. The molecule has 0 unspecified atom stereocenters. The molecule has 0 bridgehead atoms. The molecule has 0 spiro atoms. The van der Waals surface area contributed by atoms with E-state index >= 15 is 0 Å². The minimum atomic E-state index is -0.469. The highest BCUT2D eigenvalue weighted by Gasteiger charge is 2.13. The molecule has 5 nitrogen and oxygen atoms in total. The van der Waals surface area contributed by atoms with Gasteiger partial charge in [0.2, 0.25) is 0 Å². The SMILES string of the molecule is COC(=O)c1csc(-c2ccc(O)c(OC)c2)n1. The Hall–Kier alpha value is -2.08. The number of aromatic hydroxyl groups is 1. The molecule has 18 heavy (non-hydrogen) atoms. The highest BCUT2D eigenvalue weighted by atomic mass is 32.1. The first-order valence-corrected chi connectivity index (χ1v) is 5.95. The molecule has 0 radical (unpaired) electrons. The van der Waals surface area contributed by atoms with Gasteiger partial charge in [0.15, 0.2) is 17.2 Å². The molecule has 1 heterocycles. The van der Waals surface area contributed by atoms with Gasteiger partial charge >= 0.3 is 5.97 Å². The van der Waals surface area contributed by atoms with Crippen LogP contribution in [0.25, 0.3) is 10.6 Å². The molecule has 2 rings (SSSR count). The van der Waals surface area contributed by atoms with Gasteiger partial charge in [0.25, 0.3) is 0 Å². The number of ether oxygens (including phenoxy) is 2. The molecular formula is C12H11NO4S. The lowest BCUT2D eigenvalue weighted by molar-refractivity contribution is 0.0595. The molecule has 0 saturated heterocycles. The number of rotatable bonds is 3. The van der Waals surface area contributed by atoms with Crippen LogP contribution < -0.4 is 4.74 Å². The maximum Gasteiger partial charge on any atom is 0.357 e. The zero-order chi connectivity index (χ0) is 13.1. The molecule has 1 aromatic carbocycles. The van der Waals surface area contributed by atoms with Crippen LogP contribution in [-0.4, -0.2) is 30.3 Å². The van der Waals surface area contributed by atoms with E-state index in [4.69, 9.17) is 4.74 Å². The second kappa shape index (κ2) is 5.05. The van der Waals surface area contributed by atoms with E-state index in [2.05, 4.69) is 9.72 Å². The van der Waals surface area contributed by atoms with Crippen LogP contribution in [0.4, 0.5) is 0 Å². The molecule has 0 amide bonds. The maximum absolute atomic E-state index is 11.3. The number of nitrogens with zero attached hydrogens (tertiary/aromatic N) is 1. The Labute approximate surface area is 108 Å². The number of carbonyl (C=O) groups is 1. The molecular weight excluding hydrogens is 254 g/mol. The van der Waals surface area contributed by atoms with Gasteiger partial charge in [-0.3, -0.25) is 0 Å². The van der Waals surface area contributed by atoms with Gasteiger partial charge in [-0.15, -0.1) is 11.3 Å². The predicted molar refractivity (Wildman–Crippen MR) is 67.1 cm³/mol. The Morgan fingerprint density at radius 3 is 2.83 bits per heavy atom. The molecule has 0 fully saturated rings. The third-order valence-corrected chi connectivity index (χ3v) is 3.22. The predicted octanol–water partition coefficient (Wildman–Crippen LogP) is 2.31. The monoisotopic (exact) mass is 265 g/mol. The fraction of sp³-hybridized carbons (Fsp3) is 0.167. The number of methoxy groups -OCH3 is 2. The van der Waals surface area contributed by atoms with Gasteiger partial charge in [0, 0.05) is 10.9 Å². The van der Waals surface area contributed by atoms with Gasteiger partial charge in [0.05, 0.1) is 14.2 Å². The lowest BCUT2D eigenvalue weighted by Gasteiger charge is -2.04. The van der Waals surface area contributed by atoms with Crippen molar-refractivity contribution in [2.45, 2.75) is 0 Å². The molecule has 6 heteroatoms. The molecule has 0 aliphatic carbocycles. The first-order valence-electron chi connectivity index (χ1n) is 5.07. The molecule has 0 saturated carbocycles. The number of carbonyl (C=O) groups excluding carboxylic acids is 1. The molecule has 1 N–H and O–H groups in total. The van der Waals surface area contributed by atoms with Gasteiger partial charge in [-0.1, -0.05) is 0 Å². The largest absolute Gasteiger partial charge is 0.504 e. The Balaban J connectivity index is 2.37. The van der Waals surface area contributed by atoms with E-state index < -0.39 is 5.97 Å². The highest BCUT2D eigenvalue weighted by molar-refractivity contribution is 7.13. The van der Waals surface area contributed by atoms with Crippen LogP contribution in [0.1, 0.15) is 10.5 Å². The van der Waals surface area contributed by atoms with Crippen molar-refractivity contribution in [3.63, 3.8) is 0 Å². The van der Waals surface area contributed by atoms with E-state index in [1.807, 2.05) is 0 Å². The van der Waals surface area contributed by atoms with Crippen LogP contribution in [0.2, 0.25) is 0 Å². The summed E-state index contributed by atoms with van der Waals surface area (Å²) < 4.78 is 9.61. The molecule has 0 aliphatic heterocycles. The number of aromatic nitrogens is 1. The highest BCUT2D eigenvalue weighted by Crippen LogP contribution is 2.32. The Kier molecular flexibility index (Phi) is 3.47. The van der Waals surface area contributed by atoms with Gasteiger partial charge in [-0.05, 0) is 18.2 Å². The number of esters is 1. The van der Waals surface area contributed by atoms with Crippen LogP contribution in [0.15, 0.2) is 23.6 Å². The summed E-state index contributed by atoms with van der Waals surface area (Å²) in [5.41, 5.74) is 1.04. The number of benzene rings is 1. The van der Waals surface area contributed by atoms with Crippen molar-refractivity contribution in [3.05, 3.63) is 29.3 Å². The summed E-state index contributed by atoms with van der Waals surface area (Å²) in [6.45, 7) is 0. The lowest BCUT2D eigenvalue weighted by atomic mass is 10.2. The summed E-state index contributed by atoms with van der Waals surface area (Å²) in [5, 5.41) is 11.8. The third kappa shape index (κ3) is 2.28. The second-order valence-electron chi connectivity index (χ2n) is 3.42. The van der Waals surface area contributed by atoms with Crippen molar-refractivity contribution in [3.8, 4) is 22.1 Å². The normalized spacial score (nSPS) is 10.1. The van der Waals surface area contributed by atoms with Crippen LogP contribution >= 0.6 is 11.3 Å². The lowest BCUT2D eigenvalue weighted by Crippen LogP contribution is -2.00. The van der Waals surface area contributed by atoms with E-state index in [9.17, 15) is 9.90 Å². The first-order chi connectivity index (χ1) is 8.65. The number of phenols is 1. The molecule has 1 aromatic heterocycles. The van der Waals surface area contributed by atoms with Crippen LogP contribution in [0.5, 0.6) is 11.5 Å². The van der Waals surface area contributed by atoms with E-state index in [1.54, 1.807) is 17.5 Å². The number of phenolic OH excluding ortho intramolecular Hbond substituents is 1. The summed E-state index contributed by atoms with van der Waals surface area (Å²) >= 11 is 1.32. The third-order valence-electron chi connectivity index (χ3n) is 2.33.